The molecule has 8 heteroatoms. The van der Waals surface area contributed by atoms with E-state index in [0.717, 1.165) is 0 Å². The molecular formula is C12H17N7O. The van der Waals surface area contributed by atoms with Crippen LogP contribution in [0.5, 0.6) is 0 Å². The van der Waals surface area contributed by atoms with Crippen LogP contribution in [0.3, 0.4) is 0 Å². The average Bonchev–Trinajstić information content (AvgIpc) is 2.83. The Morgan fingerprint density at radius 1 is 1.35 bits per heavy atom. The Balaban J connectivity index is 2.32. The van der Waals surface area contributed by atoms with Gasteiger partial charge < -0.3 is 5.32 Å². The SMILES string of the molecule is CNc1cnc(C(C)C)nc1C(=O)Nc1ncnn1C. The second-order valence-electron chi connectivity index (χ2n) is 4.56. The molecule has 0 spiro atoms. The Kier molecular flexibility index (Phi) is 3.92. The van der Waals surface area contributed by atoms with Gasteiger partial charge in [-0.2, -0.15) is 10.1 Å². The molecule has 2 aromatic heterocycles. The van der Waals surface area contributed by atoms with Crippen molar-refractivity contribution in [1.29, 1.82) is 0 Å². The fourth-order valence-electron chi connectivity index (χ4n) is 1.60. The number of carbonyl (C=O) groups excluding carboxylic acids is 1. The van der Waals surface area contributed by atoms with Crippen LogP contribution in [-0.2, 0) is 7.05 Å². The Labute approximate surface area is 116 Å². The zero-order valence-corrected chi connectivity index (χ0v) is 11.9. The Morgan fingerprint density at radius 3 is 2.65 bits per heavy atom. The lowest BCUT2D eigenvalue weighted by Gasteiger charge is -2.11. The molecule has 0 aromatic carbocycles. The first-order valence-corrected chi connectivity index (χ1v) is 6.23. The van der Waals surface area contributed by atoms with Gasteiger partial charge in [-0.15, -0.1) is 0 Å². The van der Waals surface area contributed by atoms with Crippen molar-refractivity contribution in [2.45, 2.75) is 19.8 Å². The summed E-state index contributed by atoms with van der Waals surface area (Å²) in [6.45, 7) is 3.94. The molecule has 0 aliphatic heterocycles. The molecule has 20 heavy (non-hydrogen) atoms. The normalized spacial score (nSPS) is 10.7. The number of hydrogen-bond donors (Lipinski definition) is 2. The van der Waals surface area contributed by atoms with E-state index in [9.17, 15) is 4.79 Å². The summed E-state index contributed by atoms with van der Waals surface area (Å²) in [5.74, 6) is 0.769. The fraction of sp³-hybridized carbons (Fsp3) is 0.417. The highest BCUT2D eigenvalue weighted by Gasteiger charge is 2.17. The van der Waals surface area contributed by atoms with Gasteiger partial charge in [0, 0.05) is 20.0 Å². The van der Waals surface area contributed by atoms with Crippen LogP contribution in [0.15, 0.2) is 12.5 Å². The highest BCUT2D eigenvalue weighted by Crippen LogP contribution is 2.16. The molecule has 8 nitrogen and oxygen atoms in total. The summed E-state index contributed by atoms with van der Waals surface area (Å²) in [6, 6.07) is 0. The minimum absolute atomic E-state index is 0.141. The molecule has 0 fully saturated rings. The van der Waals surface area contributed by atoms with Crippen molar-refractivity contribution in [3.63, 3.8) is 0 Å². The van der Waals surface area contributed by atoms with Gasteiger partial charge >= 0.3 is 0 Å². The van der Waals surface area contributed by atoms with Crippen LogP contribution < -0.4 is 10.6 Å². The van der Waals surface area contributed by atoms with E-state index in [1.807, 2.05) is 13.8 Å². The van der Waals surface area contributed by atoms with Crippen molar-refractivity contribution in [3.8, 4) is 0 Å². The van der Waals surface area contributed by atoms with Crippen LogP contribution in [0, 0.1) is 0 Å². The molecule has 0 atom stereocenters. The first kappa shape index (κ1) is 13.9. The molecule has 0 bridgehead atoms. The summed E-state index contributed by atoms with van der Waals surface area (Å²) < 4.78 is 1.47. The van der Waals surface area contributed by atoms with Crippen molar-refractivity contribution in [1.82, 2.24) is 24.7 Å². The second-order valence-corrected chi connectivity index (χ2v) is 4.56. The summed E-state index contributed by atoms with van der Waals surface area (Å²) in [4.78, 5) is 24.8. The number of aryl methyl sites for hydroxylation is 1. The second kappa shape index (κ2) is 5.64. The third-order valence-corrected chi connectivity index (χ3v) is 2.74. The lowest BCUT2D eigenvalue weighted by molar-refractivity contribution is 0.102. The first-order valence-electron chi connectivity index (χ1n) is 6.23. The van der Waals surface area contributed by atoms with Crippen LogP contribution in [0.25, 0.3) is 0 Å². The van der Waals surface area contributed by atoms with E-state index < -0.39 is 0 Å². The first-order chi connectivity index (χ1) is 9.52. The van der Waals surface area contributed by atoms with E-state index in [1.165, 1.54) is 11.0 Å². The molecule has 0 saturated heterocycles. The van der Waals surface area contributed by atoms with E-state index in [4.69, 9.17) is 0 Å². The van der Waals surface area contributed by atoms with Crippen LogP contribution in [0.4, 0.5) is 11.6 Å². The van der Waals surface area contributed by atoms with Crippen LogP contribution >= 0.6 is 0 Å². The van der Waals surface area contributed by atoms with Crippen LogP contribution in [0.2, 0.25) is 0 Å². The number of amides is 1. The smallest absolute Gasteiger partial charge is 0.278 e. The number of nitrogens with zero attached hydrogens (tertiary/aromatic N) is 5. The van der Waals surface area contributed by atoms with Gasteiger partial charge in [-0.25, -0.2) is 14.6 Å². The Morgan fingerprint density at radius 2 is 2.10 bits per heavy atom. The minimum Gasteiger partial charge on any atom is -0.385 e. The van der Waals surface area contributed by atoms with E-state index in [0.29, 0.717) is 17.5 Å². The van der Waals surface area contributed by atoms with Gasteiger partial charge in [-0.3, -0.25) is 10.1 Å². The molecule has 0 radical (unpaired) electrons. The topological polar surface area (TPSA) is 97.6 Å². The molecule has 2 aromatic rings. The Hall–Kier alpha value is -2.51. The molecule has 106 valence electrons. The van der Waals surface area contributed by atoms with E-state index in [2.05, 4.69) is 30.7 Å². The maximum absolute atomic E-state index is 12.3. The van der Waals surface area contributed by atoms with Gasteiger partial charge in [0.1, 0.15) is 12.2 Å². The number of rotatable bonds is 4. The number of anilines is 2. The number of aromatic nitrogens is 5. The number of carbonyl (C=O) groups is 1. The third-order valence-electron chi connectivity index (χ3n) is 2.74. The number of nitrogens with one attached hydrogen (secondary N) is 2. The zero-order chi connectivity index (χ0) is 14.7. The van der Waals surface area contributed by atoms with Gasteiger partial charge in [0.25, 0.3) is 5.91 Å². The van der Waals surface area contributed by atoms with Crippen LogP contribution in [0.1, 0.15) is 36.1 Å². The van der Waals surface area contributed by atoms with Crippen molar-refractivity contribution in [2.75, 3.05) is 17.7 Å². The summed E-state index contributed by atoms with van der Waals surface area (Å²) >= 11 is 0. The minimum atomic E-state index is -0.352. The molecule has 0 aliphatic carbocycles. The highest BCUT2D eigenvalue weighted by molar-refractivity contribution is 6.05. The summed E-state index contributed by atoms with van der Waals surface area (Å²) in [5.41, 5.74) is 0.850. The van der Waals surface area contributed by atoms with Crippen molar-refractivity contribution in [2.24, 2.45) is 7.05 Å². The van der Waals surface area contributed by atoms with Crippen molar-refractivity contribution in [3.05, 3.63) is 24.0 Å². The van der Waals surface area contributed by atoms with Crippen molar-refractivity contribution < 1.29 is 4.79 Å². The highest BCUT2D eigenvalue weighted by atomic mass is 16.2. The maximum Gasteiger partial charge on any atom is 0.278 e. The molecule has 2 heterocycles. The molecule has 0 aliphatic rings. The standard InChI is InChI=1S/C12H17N7O/c1-7(2)10-14-5-8(13-3)9(17-10)11(20)18-12-15-6-16-19(12)4/h5-7,13H,1-4H3,(H,15,16,18,20). The lowest BCUT2D eigenvalue weighted by Crippen LogP contribution is -2.20. The number of hydrogen-bond acceptors (Lipinski definition) is 6. The molecule has 0 saturated carbocycles. The van der Waals surface area contributed by atoms with Crippen molar-refractivity contribution >= 4 is 17.5 Å². The summed E-state index contributed by atoms with van der Waals surface area (Å²) in [5, 5.41) is 9.47. The molecule has 2 N–H and O–H groups in total. The fourth-order valence-corrected chi connectivity index (χ4v) is 1.60. The van der Waals surface area contributed by atoms with Crippen LogP contribution in [-0.4, -0.2) is 37.7 Å². The Bertz CT molecular complexity index is 620. The van der Waals surface area contributed by atoms with Gasteiger partial charge in [-0.1, -0.05) is 13.8 Å². The maximum atomic E-state index is 12.3. The predicted octanol–water partition coefficient (Wildman–Crippen LogP) is 1.02. The third kappa shape index (κ3) is 2.73. The predicted molar refractivity (Wildman–Crippen MR) is 74.6 cm³/mol. The lowest BCUT2D eigenvalue weighted by atomic mass is 10.2. The van der Waals surface area contributed by atoms with E-state index >= 15 is 0 Å². The molecule has 0 unspecified atom stereocenters. The zero-order valence-electron chi connectivity index (χ0n) is 11.9. The monoisotopic (exact) mass is 275 g/mol. The summed E-state index contributed by atoms with van der Waals surface area (Å²) in [6.07, 6.45) is 2.97. The molecule has 1 amide bonds. The molecular weight excluding hydrogens is 258 g/mol. The van der Waals surface area contributed by atoms with Gasteiger partial charge in [0.2, 0.25) is 5.95 Å². The van der Waals surface area contributed by atoms with E-state index in [1.54, 1.807) is 20.3 Å². The van der Waals surface area contributed by atoms with Gasteiger partial charge in [-0.05, 0) is 0 Å². The average molecular weight is 275 g/mol. The molecule has 2 rings (SSSR count). The van der Waals surface area contributed by atoms with Gasteiger partial charge in [0.15, 0.2) is 5.69 Å². The largest absolute Gasteiger partial charge is 0.385 e. The quantitative estimate of drug-likeness (QED) is 0.864. The van der Waals surface area contributed by atoms with Gasteiger partial charge in [0.05, 0.1) is 11.9 Å². The van der Waals surface area contributed by atoms with E-state index in [-0.39, 0.29) is 17.5 Å². The summed E-state index contributed by atoms with van der Waals surface area (Å²) in [7, 11) is 3.41.